The largest absolute Gasteiger partial charge is 0.355 e. The molecule has 1 rings (SSSR count). The van der Waals surface area contributed by atoms with Gasteiger partial charge in [0.25, 0.3) is 0 Å². The minimum Gasteiger partial charge on any atom is -0.355 e. The van der Waals surface area contributed by atoms with Crippen LogP contribution in [-0.4, -0.2) is 50.1 Å². The van der Waals surface area contributed by atoms with Crippen molar-refractivity contribution in [3.05, 3.63) is 0 Å². The van der Waals surface area contributed by atoms with Gasteiger partial charge in [-0.2, -0.15) is 0 Å². The molecule has 1 fully saturated rings. The number of nitrogens with one attached hydrogen (secondary N) is 2. The van der Waals surface area contributed by atoms with Crippen LogP contribution in [0.15, 0.2) is 0 Å². The number of piperidine rings is 1. The van der Waals surface area contributed by atoms with Gasteiger partial charge in [0.15, 0.2) is 0 Å². The van der Waals surface area contributed by atoms with E-state index in [1.54, 1.807) is 0 Å². The summed E-state index contributed by atoms with van der Waals surface area (Å²) in [6.07, 6.45) is 3.48. The van der Waals surface area contributed by atoms with Gasteiger partial charge in [-0.15, -0.1) is 0 Å². The Morgan fingerprint density at radius 1 is 1.53 bits per heavy atom. The Hall–Kier alpha value is -0.610. The van der Waals surface area contributed by atoms with E-state index in [-0.39, 0.29) is 5.91 Å². The van der Waals surface area contributed by atoms with Gasteiger partial charge in [0.05, 0.1) is 6.54 Å². The van der Waals surface area contributed by atoms with Crippen LogP contribution in [0.5, 0.6) is 0 Å². The second kappa shape index (κ2) is 7.67. The molecule has 1 amide bonds. The normalized spacial score (nSPS) is 23.4. The first kappa shape index (κ1) is 14.5. The molecule has 1 heterocycles. The lowest BCUT2D eigenvalue weighted by atomic mass is 9.92. The summed E-state index contributed by atoms with van der Waals surface area (Å²) in [5.74, 6) is 0.845. The first-order valence-electron chi connectivity index (χ1n) is 6.83. The highest BCUT2D eigenvalue weighted by Crippen LogP contribution is 2.19. The second-order valence-corrected chi connectivity index (χ2v) is 5.06. The summed E-state index contributed by atoms with van der Waals surface area (Å²) in [4.78, 5) is 13.9. The van der Waals surface area contributed by atoms with Crippen molar-refractivity contribution in [2.45, 2.75) is 39.2 Å². The van der Waals surface area contributed by atoms with E-state index in [9.17, 15) is 4.79 Å². The molecule has 1 aliphatic rings. The highest BCUT2D eigenvalue weighted by molar-refractivity contribution is 5.77. The van der Waals surface area contributed by atoms with Gasteiger partial charge in [0.1, 0.15) is 0 Å². The standard InChI is InChI=1S/C13H27N3O/c1-4-7-15-13(17)10-16-8-5-6-12(9-16)11(2)14-3/h11-12,14H,4-10H2,1-3H3,(H,15,17). The number of likely N-dealkylation sites (tertiary alicyclic amines) is 1. The summed E-state index contributed by atoms with van der Waals surface area (Å²) in [6, 6.07) is 0.538. The number of hydrogen-bond acceptors (Lipinski definition) is 3. The first-order chi connectivity index (χ1) is 8.17. The average molecular weight is 241 g/mol. The van der Waals surface area contributed by atoms with Crippen LogP contribution in [0, 0.1) is 5.92 Å². The van der Waals surface area contributed by atoms with Gasteiger partial charge in [-0.1, -0.05) is 6.92 Å². The fraction of sp³-hybridized carbons (Fsp3) is 0.923. The third-order valence-electron chi connectivity index (χ3n) is 3.64. The van der Waals surface area contributed by atoms with Crippen molar-refractivity contribution in [2.24, 2.45) is 5.92 Å². The van der Waals surface area contributed by atoms with Gasteiger partial charge in [-0.25, -0.2) is 0 Å². The van der Waals surface area contributed by atoms with Crippen LogP contribution in [0.1, 0.15) is 33.1 Å². The van der Waals surface area contributed by atoms with E-state index in [1.165, 1.54) is 12.8 Å². The van der Waals surface area contributed by atoms with E-state index in [2.05, 4.69) is 29.4 Å². The zero-order valence-corrected chi connectivity index (χ0v) is 11.5. The molecule has 100 valence electrons. The minimum absolute atomic E-state index is 0.171. The van der Waals surface area contributed by atoms with Crippen molar-refractivity contribution in [1.82, 2.24) is 15.5 Å². The second-order valence-electron chi connectivity index (χ2n) is 5.06. The van der Waals surface area contributed by atoms with Crippen LogP contribution in [0.25, 0.3) is 0 Å². The summed E-state index contributed by atoms with van der Waals surface area (Å²) >= 11 is 0. The first-order valence-corrected chi connectivity index (χ1v) is 6.83. The molecule has 0 spiro atoms. The van der Waals surface area contributed by atoms with Crippen LogP contribution in [0.2, 0.25) is 0 Å². The maximum absolute atomic E-state index is 11.6. The SMILES string of the molecule is CCCNC(=O)CN1CCCC(C(C)NC)C1. The Morgan fingerprint density at radius 2 is 2.29 bits per heavy atom. The molecule has 2 N–H and O–H groups in total. The Bertz CT molecular complexity index is 233. The molecule has 0 aromatic heterocycles. The Morgan fingerprint density at radius 3 is 2.94 bits per heavy atom. The third-order valence-corrected chi connectivity index (χ3v) is 3.64. The maximum atomic E-state index is 11.6. The predicted molar refractivity (Wildman–Crippen MR) is 71.0 cm³/mol. The van der Waals surface area contributed by atoms with Gasteiger partial charge >= 0.3 is 0 Å². The highest BCUT2D eigenvalue weighted by atomic mass is 16.2. The molecular weight excluding hydrogens is 214 g/mol. The molecule has 1 aliphatic heterocycles. The molecule has 4 heteroatoms. The van der Waals surface area contributed by atoms with E-state index in [0.29, 0.717) is 18.5 Å². The van der Waals surface area contributed by atoms with E-state index >= 15 is 0 Å². The average Bonchev–Trinajstić information content (AvgIpc) is 2.35. The van der Waals surface area contributed by atoms with Crippen molar-refractivity contribution < 1.29 is 4.79 Å². The molecule has 2 unspecified atom stereocenters. The molecule has 1 saturated heterocycles. The number of carbonyl (C=O) groups is 1. The number of carbonyl (C=O) groups excluding carboxylic acids is 1. The fourth-order valence-corrected chi connectivity index (χ4v) is 2.40. The summed E-state index contributed by atoms with van der Waals surface area (Å²) in [7, 11) is 2.01. The Kier molecular flexibility index (Phi) is 6.52. The van der Waals surface area contributed by atoms with Gasteiger partial charge < -0.3 is 10.6 Å². The van der Waals surface area contributed by atoms with E-state index in [1.807, 2.05) is 7.05 Å². The number of amides is 1. The topological polar surface area (TPSA) is 44.4 Å². The number of nitrogens with zero attached hydrogens (tertiary/aromatic N) is 1. The Labute approximate surface area is 105 Å². The van der Waals surface area contributed by atoms with Crippen molar-refractivity contribution in [2.75, 3.05) is 33.2 Å². The highest BCUT2D eigenvalue weighted by Gasteiger charge is 2.24. The molecule has 0 aromatic carbocycles. The van der Waals surface area contributed by atoms with Crippen LogP contribution < -0.4 is 10.6 Å². The molecule has 0 aliphatic carbocycles. The van der Waals surface area contributed by atoms with Crippen molar-refractivity contribution in [1.29, 1.82) is 0 Å². The molecule has 0 aromatic rings. The van der Waals surface area contributed by atoms with Crippen LogP contribution >= 0.6 is 0 Å². The van der Waals surface area contributed by atoms with Gasteiger partial charge in [-0.3, -0.25) is 9.69 Å². The summed E-state index contributed by atoms with van der Waals surface area (Å²) in [5, 5.41) is 6.26. The van der Waals surface area contributed by atoms with Crippen LogP contribution in [-0.2, 0) is 4.79 Å². The fourth-order valence-electron chi connectivity index (χ4n) is 2.40. The summed E-state index contributed by atoms with van der Waals surface area (Å²) < 4.78 is 0. The van der Waals surface area contributed by atoms with Gasteiger partial charge in [0, 0.05) is 19.1 Å². The van der Waals surface area contributed by atoms with Gasteiger partial charge in [-0.05, 0) is 45.7 Å². The monoisotopic (exact) mass is 241 g/mol. The predicted octanol–water partition coefficient (Wildman–Crippen LogP) is 0.833. The van der Waals surface area contributed by atoms with Crippen LogP contribution in [0.4, 0.5) is 0 Å². The summed E-state index contributed by atoms with van der Waals surface area (Å²) in [6.45, 7) is 7.76. The number of rotatable bonds is 6. The molecular formula is C13H27N3O. The van der Waals surface area contributed by atoms with Crippen molar-refractivity contribution in [3.63, 3.8) is 0 Å². The molecule has 4 nitrogen and oxygen atoms in total. The lowest BCUT2D eigenvalue weighted by molar-refractivity contribution is -0.122. The smallest absolute Gasteiger partial charge is 0.234 e. The quantitative estimate of drug-likeness (QED) is 0.724. The molecule has 17 heavy (non-hydrogen) atoms. The zero-order valence-electron chi connectivity index (χ0n) is 11.5. The summed E-state index contributed by atoms with van der Waals surface area (Å²) in [5.41, 5.74) is 0. The lowest BCUT2D eigenvalue weighted by Crippen LogP contribution is -2.47. The molecule has 0 bridgehead atoms. The van der Waals surface area contributed by atoms with E-state index in [0.717, 1.165) is 26.1 Å². The number of hydrogen-bond donors (Lipinski definition) is 2. The van der Waals surface area contributed by atoms with Gasteiger partial charge in [0.2, 0.25) is 5.91 Å². The molecule has 0 saturated carbocycles. The Balaban J connectivity index is 2.31. The van der Waals surface area contributed by atoms with Crippen molar-refractivity contribution in [3.8, 4) is 0 Å². The van der Waals surface area contributed by atoms with E-state index < -0.39 is 0 Å². The molecule has 0 radical (unpaired) electrons. The van der Waals surface area contributed by atoms with Crippen LogP contribution in [0.3, 0.4) is 0 Å². The lowest BCUT2D eigenvalue weighted by Gasteiger charge is -2.35. The maximum Gasteiger partial charge on any atom is 0.234 e. The molecule has 2 atom stereocenters. The van der Waals surface area contributed by atoms with Crippen molar-refractivity contribution >= 4 is 5.91 Å². The van der Waals surface area contributed by atoms with E-state index in [4.69, 9.17) is 0 Å². The minimum atomic E-state index is 0.171. The zero-order chi connectivity index (χ0) is 12.7. The third kappa shape index (κ3) is 5.04.